The SMILES string of the molecule is CCCNC(=O)[C@H](C)N1CCN(S(=O)(=O)c2ccc(C)cc2)CC1. The lowest BCUT2D eigenvalue weighted by Gasteiger charge is -2.36. The van der Waals surface area contributed by atoms with Gasteiger partial charge in [-0.1, -0.05) is 24.6 Å². The van der Waals surface area contributed by atoms with Crippen molar-refractivity contribution in [1.29, 1.82) is 0 Å². The van der Waals surface area contributed by atoms with Crippen LogP contribution in [0.4, 0.5) is 0 Å². The summed E-state index contributed by atoms with van der Waals surface area (Å²) in [4.78, 5) is 14.4. The summed E-state index contributed by atoms with van der Waals surface area (Å²) >= 11 is 0. The minimum absolute atomic E-state index is 0.00620. The van der Waals surface area contributed by atoms with E-state index in [9.17, 15) is 13.2 Å². The molecule has 0 saturated carbocycles. The second-order valence-electron chi connectivity index (χ2n) is 6.22. The van der Waals surface area contributed by atoms with Gasteiger partial charge in [0.05, 0.1) is 10.9 Å². The number of carbonyl (C=O) groups is 1. The number of aryl methyl sites for hydroxylation is 1. The minimum Gasteiger partial charge on any atom is -0.355 e. The molecule has 0 radical (unpaired) electrons. The van der Waals surface area contributed by atoms with E-state index in [1.807, 2.05) is 37.8 Å². The van der Waals surface area contributed by atoms with E-state index in [2.05, 4.69) is 5.32 Å². The summed E-state index contributed by atoms with van der Waals surface area (Å²) in [7, 11) is -3.46. The van der Waals surface area contributed by atoms with Crippen molar-refractivity contribution in [3.05, 3.63) is 29.8 Å². The molecule has 1 heterocycles. The number of nitrogens with one attached hydrogen (secondary N) is 1. The van der Waals surface area contributed by atoms with Gasteiger partial charge < -0.3 is 5.32 Å². The van der Waals surface area contributed by atoms with E-state index >= 15 is 0 Å². The highest BCUT2D eigenvalue weighted by Crippen LogP contribution is 2.19. The lowest BCUT2D eigenvalue weighted by Crippen LogP contribution is -2.54. The molecule has 1 aliphatic heterocycles. The van der Waals surface area contributed by atoms with Crippen LogP contribution in [0.15, 0.2) is 29.2 Å². The monoisotopic (exact) mass is 353 g/mol. The number of hydrogen-bond acceptors (Lipinski definition) is 4. The van der Waals surface area contributed by atoms with E-state index in [0.29, 0.717) is 37.6 Å². The molecule has 1 saturated heterocycles. The van der Waals surface area contributed by atoms with Crippen molar-refractivity contribution < 1.29 is 13.2 Å². The molecule has 6 nitrogen and oxygen atoms in total. The van der Waals surface area contributed by atoms with Gasteiger partial charge in [0.2, 0.25) is 15.9 Å². The summed E-state index contributed by atoms with van der Waals surface area (Å²) in [6.45, 7) is 8.42. The molecule has 1 atom stereocenters. The van der Waals surface area contributed by atoms with Crippen molar-refractivity contribution in [2.45, 2.75) is 38.1 Å². The average Bonchev–Trinajstić information content (AvgIpc) is 2.59. The van der Waals surface area contributed by atoms with Crippen molar-refractivity contribution in [1.82, 2.24) is 14.5 Å². The van der Waals surface area contributed by atoms with Crippen molar-refractivity contribution in [2.75, 3.05) is 32.7 Å². The van der Waals surface area contributed by atoms with E-state index < -0.39 is 10.0 Å². The molecule has 0 aromatic heterocycles. The predicted octanol–water partition coefficient (Wildman–Crippen LogP) is 1.22. The highest BCUT2D eigenvalue weighted by molar-refractivity contribution is 7.89. The molecule has 0 bridgehead atoms. The number of nitrogens with zero attached hydrogens (tertiary/aromatic N) is 2. The molecule has 1 amide bonds. The molecule has 134 valence electrons. The lowest BCUT2D eigenvalue weighted by molar-refractivity contribution is -0.126. The van der Waals surface area contributed by atoms with Crippen LogP contribution in [0.2, 0.25) is 0 Å². The first kappa shape index (κ1) is 18.9. The Morgan fingerprint density at radius 2 is 1.75 bits per heavy atom. The van der Waals surface area contributed by atoms with Crippen molar-refractivity contribution >= 4 is 15.9 Å². The molecule has 7 heteroatoms. The molecule has 0 spiro atoms. The van der Waals surface area contributed by atoms with Crippen LogP contribution in [0.25, 0.3) is 0 Å². The van der Waals surface area contributed by atoms with Gasteiger partial charge >= 0.3 is 0 Å². The minimum atomic E-state index is -3.46. The highest BCUT2D eigenvalue weighted by Gasteiger charge is 2.31. The Balaban J connectivity index is 1.96. The molecule has 1 aliphatic rings. The average molecular weight is 353 g/mol. The largest absolute Gasteiger partial charge is 0.355 e. The molecule has 1 aromatic rings. The van der Waals surface area contributed by atoms with Crippen LogP contribution >= 0.6 is 0 Å². The number of piperazine rings is 1. The topological polar surface area (TPSA) is 69.7 Å². The summed E-state index contributed by atoms with van der Waals surface area (Å²) < 4.78 is 26.9. The van der Waals surface area contributed by atoms with Gasteiger partial charge in [-0.15, -0.1) is 0 Å². The Morgan fingerprint density at radius 3 is 2.29 bits per heavy atom. The first-order valence-electron chi connectivity index (χ1n) is 8.45. The van der Waals surface area contributed by atoms with Gasteiger partial charge in [-0.2, -0.15) is 4.31 Å². The molecule has 2 rings (SSSR count). The maximum Gasteiger partial charge on any atom is 0.243 e. The Kier molecular flexibility index (Phi) is 6.37. The van der Waals surface area contributed by atoms with Crippen LogP contribution < -0.4 is 5.32 Å². The summed E-state index contributed by atoms with van der Waals surface area (Å²) in [6.07, 6.45) is 0.904. The van der Waals surface area contributed by atoms with Gasteiger partial charge in [-0.05, 0) is 32.4 Å². The zero-order chi connectivity index (χ0) is 17.7. The maximum atomic E-state index is 12.7. The summed E-state index contributed by atoms with van der Waals surface area (Å²) in [5.74, 6) is 0.00620. The molecule has 1 N–H and O–H groups in total. The molecule has 0 unspecified atom stereocenters. The molecule has 0 aliphatic carbocycles. The third kappa shape index (κ3) is 4.34. The number of benzene rings is 1. The zero-order valence-electron chi connectivity index (χ0n) is 14.7. The van der Waals surface area contributed by atoms with E-state index in [1.54, 1.807) is 12.1 Å². The molecule has 1 aromatic carbocycles. The molecular formula is C17H27N3O3S. The first-order chi connectivity index (χ1) is 11.4. The van der Waals surface area contributed by atoms with Gasteiger partial charge in [0.25, 0.3) is 0 Å². The fourth-order valence-corrected chi connectivity index (χ4v) is 4.17. The smallest absolute Gasteiger partial charge is 0.243 e. The summed E-state index contributed by atoms with van der Waals surface area (Å²) in [5, 5.41) is 2.89. The lowest BCUT2D eigenvalue weighted by atomic mass is 10.2. The van der Waals surface area contributed by atoms with Crippen LogP contribution in [0.3, 0.4) is 0 Å². The fourth-order valence-electron chi connectivity index (χ4n) is 2.75. The predicted molar refractivity (Wildman–Crippen MR) is 94.3 cm³/mol. The van der Waals surface area contributed by atoms with Gasteiger partial charge in [0, 0.05) is 32.7 Å². The fraction of sp³-hybridized carbons (Fsp3) is 0.588. The third-order valence-corrected chi connectivity index (χ3v) is 6.32. The van der Waals surface area contributed by atoms with Gasteiger partial charge in [0.1, 0.15) is 0 Å². The van der Waals surface area contributed by atoms with Gasteiger partial charge in [-0.25, -0.2) is 8.42 Å². The highest BCUT2D eigenvalue weighted by atomic mass is 32.2. The molecular weight excluding hydrogens is 326 g/mol. The Hall–Kier alpha value is -1.44. The van der Waals surface area contributed by atoms with Crippen LogP contribution in [-0.2, 0) is 14.8 Å². The van der Waals surface area contributed by atoms with Gasteiger partial charge in [-0.3, -0.25) is 9.69 Å². The normalized spacial score (nSPS) is 18.3. The zero-order valence-corrected chi connectivity index (χ0v) is 15.5. The molecule has 1 fully saturated rings. The second-order valence-corrected chi connectivity index (χ2v) is 8.16. The van der Waals surface area contributed by atoms with E-state index in [0.717, 1.165) is 12.0 Å². The first-order valence-corrected chi connectivity index (χ1v) is 9.89. The van der Waals surface area contributed by atoms with Crippen molar-refractivity contribution in [3.8, 4) is 0 Å². The number of sulfonamides is 1. The Labute approximate surface area is 144 Å². The quantitative estimate of drug-likeness (QED) is 0.835. The number of hydrogen-bond donors (Lipinski definition) is 1. The van der Waals surface area contributed by atoms with Crippen molar-refractivity contribution in [2.24, 2.45) is 0 Å². The second kappa shape index (κ2) is 8.09. The number of carbonyl (C=O) groups excluding carboxylic acids is 1. The Morgan fingerprint density at radius 1 is 1.17 bits per heavy atom. The van der Waals surface area contributed by atoms with Gasteiger partial charge in [0.15, 0.2) is 0 Å². The summed E-state index contributed by atoms with van der Waals surface area (Å²) in [6, 6.07) is 6.68. The third-order valence-electron chi connectivity index (χ3n) is 4.41. The number of rotatable bonds is 6. The van der Waals surface area contributed by atoms with E-state index in [1.165, 1.54) is 4.31 Å². The molecule has 24 heavy (non-hydrogen) atoms. The van der Waals surface area contributed by atoms with Crippen LogP contribution in [0, 0.1) is 6.92 Å². The van der Waals surface area contributed by atoms with Crippen LogP contribution in [0.1, 0.15) is 25.8 Å². The van der Waals surface area contributed by atoms with Crippen LogP contribution in [-0.4, -0.2) is 62.3 Å². The van der Waals surface area contributed by atoms with E-state index in [-0.39, 0.29) is 11.9 Å². The van der Waals surface area contributed by atoms with E-state index in [4.69, 9.17) is 0 Å². The number of amides is 1. The van der Waals surface area contributed by atoms with Crippen LogP contribution in [0.5, 0.6) is 0 Å². The van der Waals surface area contributed by atoms with Crippen molar-refractivity contribution in [3.63, 3.8) is 0 Å². The Bertz CT molecular complexity index is 650. The summed E-state index contributed by atoms with van der Waals surface area (Å²) in [5.41, 5.74) is 1.03. The maximum absolute atomic E-state index is 12.7. The standard InChI is InChI=1S/C17H27N3O3S/c1-4-9-18-17(21)15(3)19-10-12-20(13-11-19)24(22,23)16-7-5-14(2)6-8-16/h5-8,15H,4,9-13H2,1-3H3,(H,18,21)/t15-/m0/s1.